The average Bonchev–Trinajstić information content (AvgIpc) is 2.12. The molecule has 7 heteroatoms. The summed E-state index contributed by atoms with van der Waals surface area (Å²) in [5, 5.41) is 8.60. The SMILES string of the molecule is CN(CCO)C(=O)C(N)CCS(C)(=O)=O. The Morgan fingerprint density at radius 3 is 2.47 bits per heavy atom. The first-order valence-electron chi connectivity index (χ1n) is 4.57. The number of sulfone groups is 1. The summed E-state index contributed by atoms with van der Waals surface area (Å²) in [5.74, 6) is -0.458. The van der Waals surface area contributed by atoms with Crippen molar-refractivity contribution in [1.82, 2.24) is 4.90 Å². The normalized spacial score (nSPS) is 13.6. The van der Waals surface area contributed by atoms with Gasteiger partial charge in [0.1, 0.15) is 9.84 Å². The lowest BCUT2D eigenvalue weighted by molar-refractivity contribution is -0.131. The Morgan fingerprint density at radius 2 is 2.07 bits per heavy atom. The zero-order valence-electron chi connectivity index (χ0n) is 9.01. The molecule has 0 rings (SSSR count). The second-order valence-corrected chi connectivity index (χ2v) is 5.77. The number of likely N-dealkylation sites (N-methyl/N-ethyl adjacent to an activating group) is 1. The van der Waals surface area contributed by atoms with Gasteiger partial charge in [-0.2, -0.15) is 0 Å². The van der Waals surface area contributed by atoms with Gasteiger partial charge in [-0.25, -0.2) is 8.42 Å². The lowest BCUT2D eigenvalue weighted by Gasteiger charge is -2.19. The van der Waals surface area contributed by atoms with Crippen LogP contribution in [0.2, 0.25) is 0 Å². The number of hydrogen-bond donors (Lipinski definition) is 2. The average molecular weight is 238 g/mol. The maximum Gasteiger partial charge on any atom is 0.239 e. The van der Waals surface area contributed by atoms with Gasteiger partial charge in [0.15, 0.2) is 0 Å². The third-order valence-corrected chi connectivity index (χ3v) is 2.91. The van der Waals surface area contributed by atoms with E-state index in [-0.39, 0.29) is 31.2 Å². The highest BCUT2D eigenvalue weighted by Crippen LogP contribution is 1.97. The third-order valence-electron chi connectivity index (χ3n) is 1.93. The molecule has 0 radical (unpaired) electrons. The van der Waals surface area contributed by atoms with E-state index in [2.05, 4.69) is 0 Å². The van der Waals surface area contributed by atoms with E-state index < -0.39 is 15.9 Å². The number of aliphatic hydroxyl groups is 1. The van der Waals surface area contributed by atoms with Crippen LogP contribution in [-0.4, -0.2) is 62.6 Å². The fourth-order valence-electron chi connectivity index (χ4n) is 1.01. The van der Waals surface area contributed by atoms with E-state index in [9.17, 15) is 13.2 Å². The second-order valence-electron chi connectivity index (χ2n) is 3.51. The summed E-state index contributed by atoms with van der Waals surface area (Å²) in [6.45, 7) is 0.0619. The predicted octanol–water partition coefficient (Wildman–Crippen LogP) is -1.80. The maximum absolute atomic E-state index is 11.4. The molecule has 90 valence electrons. The molecule has 0 aliphatic heterocycles. The number of carbonyl (C=O) groups excluding carboxylic acids is 1. The Hall–Kier alpha value is -0.660. The van der Waals surface area contributed by atoms with E-state index in [4.69, 9.17) is 10.8 Å². The molecule has 0 bridgehead atoms. The summed E-state index contributed by atoms with van der Waals surface area (Å²) >= 11 is 0. The van der Waals surface area contributed by atoms with Crippen molar-refractivity contribution in [3.05, 3.63) is 0 Å². The smallest absolute Gasteiger partial charge is 0.239 e. The van der Waals surface area contributed by atoms with Crippen molar-refractivity contribution in [2.75, 3.05) is 32.2 Å². The van der Waals surface area contributed by atoms with Crippen LogP contribution >= 0.6 is 0 Å². The van der Waals surface area contributed by atoms with Crippen molar-refractivity contribution in [3.63, 3.8) is 0 Å². The predicted molar refractivity (Wildman–Crippen MR) is 57.0 cm³/mol. The zero-order chi connectivity index (χ0) is 12.1. The molecule has 0 heterocycles. The van der Waals surface area contributed by atoms with Gasteiger partial charge in [0.05, 0.1) is 18.4 Å². The van der Waals surface area contributed by atoms with Crippen LogP contribution in [-0.2, 0) is 14.6 Å². The highest BCUT2D eigenvalue weighted by molar-refractivity contribution is 7.90. The number of hydrogen-bond acceptors (Lipinski definition) is 5. The Kier molecular flexibility index (Phi) is 5.77. The quantitative estimate of drug-likeness (QED) is 0.568. The third kappa shape index (κ3) is 6.43. The molecule has 0 aromatic heterocycles. The van der Waals surface area contributed by atoms with Crippen LogP contribution in [0.15, 0.2) is 0 Å². The van der Waals surface area contributed by atoms with Crippen LogP contribution < -0.4 is 5.73 Å². The molecule has 0 spiro atoms. The van der Waals surface area contributed by atoms with Crippen molar-refractivity contribution in [1.29, 1.82) is 0 Å². The standard InChI is InChI=1S/C8H18N2O4S/c1-10(4-5-11)8(12)7(9)3-6-15(2,13)14/h7,11H,3-6,9H2,1-2H3. The largest absolute Gasteiger partial charge is 0.395 e. The molecule has 0 fully saturated rings. The van der Waals surface area contributed by atoms with E-state index in [0.717, 1.165) is 6.26 Å². The van der Waals surface area contributed by atoms with Crippen LogP contribution in [0.3, 0.4) is 0 Å². The molecular formula is C8H18N2O4S. The minimum absolute atomic E-state index is 0.104. The van der Waals surface area contributed by atoms with Gasteiger partial charge in [-0.15, -0.1) is 0 Å². The molecule has 6 nitrogen and oxygen atoms in total. The summed E-state index contributed by atoms with van der Waals surface area (Å²) in [6.07, 6.45) is 1.20. The van der Waals surface area contributed by atoms with Crippen LogP contribution in [0.25, 0.3) is 0 Å². The van der Waals surface area contributed by atoms with Gasteiger partial charge in [-0.3, -0.25) is 4.79 Å². The Bertz CT molecular complexity index is 302. The first-order chi connectivity index (χ1) is 6.78. The van der Waals surface area contributed by atoms with Crippen LogP contribution in [0.1, 0.15) is 6.42 Å². The molecule has 0 aromatic carbocycles. The van der Waals surface area contributed by atoms with Crippen molar-refractivity contribution in [3.8, 4) is 0 Å². The summed E-state index contributed by atoms with van der Waals surface area (Å²) in [6, 6.07) is -0.823. The Balaban J connectivity index is 4.10. The van der Waals surface area contributed by atoms with Crippen molar-refractivity contribution in [2.24, 2.45) is 5.73 Å². The summed E-state index contributed by atoms with van der Waals surface area (Å²) in [4.78, 5) is 12.7. The molecule has 0 aliphatic rings. The number of amides is 1. The van der Waals surface area contributed by atoms with E-state index in [0.29, 0.717) is 0 Å². The molecule has 1 unspecified atom stereocenters. The number of nitrogens with two attached hydrogens (primary N) is 1. The number of carbonyl (C=O) groups is 1. The van der Waals surface area contributed by atoms with E-state index in [1.54, 1.807) is 0 Å². The minimum atomic E-state index is -3.09. The molecule has 0 saturated heterocycles. The lowest BCUT2D eigenvalue weighted by Crippen LogP contribution is -2.43. The van der Waals surface area contributed by atoms with Crippen LogP contribution in [0, 0.1) is 0 Å². The lowest BCUT2D eigenvalue weighted by atomic mass is 10.2. The van der Waals surface area contributed by atoms with Gasteiger partial charge in [0.2, 0.25) is 5.91 Å². The Morgan fingerprint density at radius 1 is 1.53 bits per heavy atom. The molecule has 15 heavy (non-hydrogen) atoms. The van der Waals surface area contributed by atoms with Gasteiger partial charge >= 0.3 is 0 Å². The molecule has 1 amide bonds. The first kappa shape index (κ1) is 14.3. The fourth-order valence-corrected chi connectivity index (χ4v) is 1.69. The van der Waals surface area contributed by atoms with Gasteiger partial charge in [-0.1, -0.05) is 0 Å². The van der Waals surface area contributed by atoms with Gasteiger partial charge in [0, 0.05) is 19.8 Å². The molecule has 0 aliphatic carbocycles. The zero-order valence-corrected chi connectivity index (χ0v) is 9.83. The van der Waals surface area contributed by atoms with Crippen LogP contribution in [0.5, 0.6) is 0 Å². The van der Waals surface area contributed by atoms with Crippen molar-refractivity contribution < 1.29 is 18.3 Å². The van der Waals surface area contributed by atoms with E-state index >= 15 is 0 Å². The fraction of sp³-hybridized carbons (Fsp3) is 0.875. The first-order valence-corrected chi connectivity index (χ1v) is 6.63. The van der Waals surface area contributed by atoms with Gasteiger partial charge in [-0.05, 0) is 6.42 Å². The van der Waals surface area contributed by atoms with Crippen molar-refractivity contribution in [2.45, 2.75) is 12.5 Å². The van der Waals surface area contributed by atoms with E-state index in [1.807, 2.05) is 0 Å². The highest BCUT2D eigenvalue weighted by atomic mass is 32.2. The van der Waals surface area contributed by atoms with Gasteiger partial charge in [0.25, 0.3) is 0 Å². The highest BCUT2D eigenvalue weighted by Gasteiger charge is 2.18. The molecule has 3 N–H and O–H groups in total. The molecule has 1 atom stereocenters. The number of aliphatic hydroxyl groups excluding tert-OH is 1. The van der Waals surface area contributed by atoms with Gasteiger partial charge < -0.3 is 15.7 Å². The second kappa shape index (κ2) is 6.04. The maximum atomic E-state index is 11.4. The van der Waals surface area contributed by atoms with Crippen LogP contribution in [0.4, 0.5) is 0 Å². The number of nitrogens with zero attached hydrogens (tertiary/aromatic N) is 1. The topological polar surface area (TPSA) is 101 Å². The summed E-state index contributed by atoms with van der Waals surface area (Å²) in [5.41, 5.74) is 5.52. The molecular weight excluding hydrogens is 220 g/mol. The van der Waals surface area contributed by atoms with E-state index in [1.165, 1.54) is 11.9 Å². The number of rotatable bonds is 6. The molecule has 0 saturated carbocycles. The minimum Gasteiger partial charge on any atom is -0.395 e. The monoisotopic (exact) mass is 238 g/mol. The summed E-state index contributed by atoms with van der Waals surface area (Å²) < 4.78 is 21.7. The van der Waals surface area contributed by atoms with Crippen molar-refractivity contribution >= 4 is 15.7 Å². The Labute approximate surface area is 90.0 Å². The molecule has 0 aromatic rings. The summed E-state index contributed by atoms with van der Waals surface area (Å²) in [7, 11) is -1.58.